The Hall–Kier alpha value is -2.90. The van der Waals surface area contributed by atoms with Gasteiger partial charge in [-0.25, -0.2) is 4.68 Å². The highest BCUT2D eigenvalue weighted by atomic mass is 16.2. The van der Waals surface area contributed by atoms with Crippen molar-refractivity contribution in [2.45, 2.75) is 32.0 Å². The van der Waals surface area contributed by atoms with Crippen LogP contribution in [0, 0.1) is 0 Å². The van der Waals surface area contributed by atoms with Crippen LogP contribution in [-0.4, -0.2) is 42.0 Å². The summed E-state index contributed by atoms with van der Waals surface area (Å²) in [6, 6.07) is 8.54. The van der Waals surface area contributed by atoms with Crippen molar-refractivity contribution in [3.05, 3.63) is 36.0 Å². The molecule has 23 heavy (non-hydrogen) atoms. The Morgan fingerprint density at radius 1 is 1.39 bits per heavy atom. The summed E-state index contributed by atoms with van der Waals surface area (Å²) in [4.78, 5) is 17.7. The Labute approximate surface area is 132 Å². The van der Waals surface area contributed by atoms with Crippen LogP contribution in [0.25, 0.3) is 10.9 Å². The lowest BCUT2D eigenvalue weighted by molar-refractivity contribution is -0.133. The number of carbonyl (C=O) groups is 1. The second-order valence-electron chi connectivity index (χ2n) is 5.85. The molecule has 0 radical (unpaired) electrons. The molecule has 1 amide bonds. The van der Waals surface area contributed by atoms with E-state index < -0.39 is 0 Å². The van der Waals surface area contributed by atoms with Crippen LogP contribution in [-0.2, 0) is 17.9 Å². The largest absolute Gasteiger partial charge is 0.367 e. The highest BCUT2D eigenvalue weighted by Gasteiger charge is 2.32. The highest BCUT2D eigenvalue weighted by molar-refractivity contribution is 5.80. The van der Waals surface area contributed by atoms with E-state index in [1.165, 1.54) is 4.68 Å². The first-order chi connectivity index (χ1) is 11.2. The maximum absolute atomic E-state index is 12.6. The van der Waals surface area contributed by atoms with Crippen molar-refractivity contribution < 1.29 is 4.79 Å². The summed E-state index contributed by atoms with van der Waals surface area (Å²) >= 11 is 0. The molecule has 0 saturated heterocycles. The molecule has 8 heteroatoms. The topological polar surface area (TPSA) is 106 Å². The van der Waals surface area contributed by atoms with Crippen LogP contribution in [0.4, 0.5) is 5.95 Å². The maximum Gasteiger partial charge on any atom is 0.245 e. The van der Waals surface area contributed by atoms with E-state index in [-0.39, 0.29) is 18.4 Å². The molecule has 2 aromatic heterocycles. The van der Waals surface area contributed by atoms with E-state index in [0.29, 0.717) is 12.6 Å². The first-order valence-electron chi connectivity index (χ1n) is 7.58. The predicted molar refractivity (Wildman–Crippen MR) is 84.1 cm³/mol. The minimum Gasteiger partial charge on any atom is -0.367 e. The summed E-state index contributed by atoms with van der Waals surface area (Å²) in [7, 11) is 0. The molecule has 3 aromatic rings. The highest BCUT2D eigenvalue weighted by Crippen LogP contribution is 2.29. The number of anilines is 1. The molecule has 1 aliphatic carbocycles. The molecule has 3 N–H and O–H groups in total. The Morgan fingerprint density at radius 2 is 2.26 bits per heavy atom. The molecule has 4 rings (SSSR count). The average Bonchev–Trinajstić information content (AvgIpc) is 3.14. The second-order valence-corrected chi connectivity index (χ2v) is 5.85. The molecule has 1 fully saturated rings. The van der Waals surface area contributed by atoms with Gasteiger partial charge in [-0.05, 0) is 52.4 Å². The van der Waals surface area contributed by atoms with Crippen LogP contribution in [0.15, 0.2) is 30.5 Å². The fourth-order valence-electron chi connectivity index (χ4n) is 2.75. The zero-order valence-electron chi connectivity index (χ0n) is 12.5. The second kappa shape index (κ2) is 5.38. The van der Waals surface area contributed by atoms with Crippen molar-refractivity contribution in [3.63, 3.8) is 0 Å². The molecular formula is C15H17N7O. The lowest BCUT2D eigenvalue weighted by Crippen LogP contribution is -2.35. The molecule has 1 saturated carbocycles. The molecular weight excluding hydrogens is 294 g/mol. The lowest BCUT2D eigenvalue weighted by Gasteiger charge is -2.22. The van der Waals surface area contributed by atoms with Crippen molar-refractivity contribution in [2.75, 3.05) is 5.73 Å². The number of hydrogen-bond donors (Lipinski definition) is 2. The predicted octanol–water partition coefficient (Wildman–Crippen LogP) is 0.928. The van der Waals surface area contributed by atoms with Gasteiger partial charge >= 0.3 is 0 Å². The third-order valence-corrected chi connectivity index (χ3v) is 4.12. The molecule has 0 bridgehead atoms. The average molecular weight is 311 g/mol. The molecule has 8 nitrogen and oxygen atoms in total. The summed E-state index contributed by atoms with van der Waals surface area (Å²) in [5.41, 5.74) is 7.85. The van der Waals surface area contributed by atoms with Gasteiger partial charge in [0, 0.05) is 24.3 Å². The third kappa shape index (κ3) is 2.75. The number of hydrogen-bond acceptors (Lipinski definition) is 5. The summed E-state index contributed by atoms with van der Waals surface area (Å²) < 4.78 is 1.33. The van der Waals surface area contributed by atoms with E-state index in [4.69, 9.17) is 5.73 Å². The number of aromatic amines is 1. The molecule has 1 aliphatic rings. The monoisotopic (exact) mass is 311 g/mol. The zero-order chi connectivity index (χ0) is 15.8. The Kier molecular flexibility index (Phi) is 3.22. The van der Waals surface area contributed by atoms with Gasteiger partial charge in [0.05, 0.1) is 0 Å². The van der Waals surface area contributed by atoms with Crippen LogP contribution in [0.5, 0.6) is 0 Å². The minimum atomic E-state index is -0.0133. The Morgan fingerprint density at radius 3 is 3.00 bits per heavy atom. The zero-order valence-corrected chi connectivity index (χ0v) is 12.5. The Balaban J connectivity index is 1.53. The van der Waals surface area contributed by atoms with Crippen molar-refractivity contribution in [1.82, 2.24) is 30.1 Å². The molecule has 118 valence electrons. The third-order valence-electron chi connectivity index (χ3n) is 4.12. The number of rotatable bonds is 5. The minimum absolute atomic E-state index is 0.0133. The van der Waals surface area contributed by atoms with Crippen LogP contribution < -0.4 is 5.73 Å². The van der Waals surface area contributed by atoms with E-state index in [9.17, 15) is 4.79 Å². The van der Waals surface area contributed by atoms with Gasteiger partial charge in [0.15, 0.2) is 0 Å². The first kappa shape index (κ1) is 13.7. The standard InChI is InChI=1S/C15H17N7O/c16-15-18-19-20-22(15)9-14(23)21(12-2-3-12)8-10-1-4-13-11(7-10)5-6-17-13/h1,4-7,12,17H,2-3,8-9H2,(H2,16,18,20). The quantitative estimate of drug-likeness (QED) is 0.729. The van der Waals surface area contributed by atoms with Gasteiger partial charge in [-0.2, -0.15) is 0 Å². The number of nitrogens with two attached hydrogens (primary N) is 1. The normalized spacial score (nSPS) is 14.3. The number of nitrogens with one attached hydrogen (secondary N) is 1. The van der Waals surface area contributed by atoms with Crippen molar-refractivity contribution in [2.24, 2.45) is 0 Å². The van der Waals surface area contributed by atoms with Crippen LogP contribution in [0.3, 0.4) is 0 Å². The van der Waals surface area contributed by atoms with Gasteiger partial charge in [0.25, 0.3) is 0 Å². The van der Waals surface area contributed by atoms with Gasteiger partial charge in [-0.3, -0.25) is 4.79 Å². The van der Waals surface area contributed by atoms with Gasteiger partial charge in [-0.15, -0.1) is 0 Å². The molecule has 0 unspecified atom stereocenters. The number of H-pyrrole nitrogens is 1. The number of fused-ring (bicyclic) bond motifs is 1. The maximum atomic E-state index is 12.6. The van der Waals surface area contributed by atoms with Crippen LogP contribution in [0.2, 0.25) is 0 Å². The van der Waals surface area contributed by atoms with Gasteiger partial charge in [0.2, 0.25) is 11.9 Å². The van der Waals surface area contributed by atoms with E-state index in [2.05, 4.69) is 26.6 Å². The van der Waals surface area contributed by atoms with Crippen molar-refractivity contribution >= 4 is 22.8 Å². The Bertz CT molecular complexity index is 848. The summed E-state index contributed by atoms with van der Waals surface area (Å²) in [6.45, 7) is 0.661. The fraction of sp³-hybridized carbons (Fsp3) is 0.333. The number of nitrogen functional groups attached to an aromatic ring is 1. The van der Waals surface area contributed by atoms with Crippen molar-refractivity contribution in [3.8, 4) is 0 Å². The molecule has 1 aromatic carbocycles. The number of amides is 1. The first-order valence-corrected chi connectivity index (χ1v) is 7.58. The molecule has 0 aliphatic heterocycles. The number of benzene rings is 1. The molecule has 0 spiro atoms. The number of carbonyl (C=O) groups excluding carboxylic acids is 1. The van der Waals surface area contributed by atoms with E-state index >= 15 is 0 Å². The van der Waals surface area contributed by atoms with Gasteiger partial charge < -0.3 is 15.6 Å². The van der Waals surface area contributed by atoms with E-state index in [0.717, 1.165) is 29.3 Å². The van der Waals surface area contributed by atoms with E-state index in [1.54, 1.807) is 0 Å². The molecule has 2 heterocycles. The number of nitrogens with zero attached hydrogens (tertiary/aromatic N) is 5. The smallest absolute Gasteiger partial charge is 0.245 e. The summed E-state index contributed by atoms with van der Waals surface area (Å²) in [5, 5.41) is 12.0. The van der Waals surface area contributed by atoms with Gasteiger partial charge in [-0.1, -0.05) is 11.2 Å². The van der Waals surface area contributed by atoms with Gasteiger partial charge in [0.1, 0.15) is 6.54 Å². The molecule has 0 atom stereocenters. The fourth-order valence-corrected chi connectivity index (χ4v) is 2.75. The van der Waals surface area contributed by atoms with Crippen LogP contribution >= 0.6 is 0 Å². The summed E-state index contributed by atoms with van der Waals surface area (Å²) in [6.07, 6.45) is 4.01. The van der Waals surface area contributed by atoms with Crippen molar-refractivity contribution in [1.29, 1.82) is 0 Å². The summed E-state index contributed by atoms with van der Waals surface area (Å²) in [5.74, 6) is 0.142. The SMILES string of the molecule is Nc1nnnn1CC(=O)N(Cc1ccc2[nH]ccc2c1)C1CC1. The number of aromatic nitrogens is 5. The van der Waals surface area contributed by atoms with Crippen LogP contribution in [0.1, 0.15) is 18.4 Å². The number of tetrazole rings is 1. The van der Waals surface area contributed by atoms with E-state index in [1.807, 2.05) is 29.3 Å². The lowest BCUT2D eigenvalue weighted by atomic mass is 10.1.